The maximum Gasteiger partial charge on any atom is 0.359 e. The highest BCUT2D eigenvalue weighted by Crippen LogP contribution is 2.40. The van der Waals surface area contributed by atoms with Gasteiger partial charge in [-0.3, -0.25) is 0 Å². The van der Waals surface area contributed by atoms with Crippen molar-refractivity contribution in [2.75, 3.05) is 19.0 Å². The Morgan fingerprint density at radius 2 is 1.80 bits per heavy atom. The Balaban J connectivity index is 2.11. The van der Waals surface area contributed by atoms with Crippen LogP contribution in [0.4, 0.5) is 5.69 Å². The minimum atomic E-state index is -0.571. The summed E-state index contributed by atoms with van der Waals surface area (Å²) < 4.78 is 12.8. The molecule has 0 aliphatic heterocycles. The first-order valence-electron chi connectivity index (χ1n) is 13.1. The summed E-state index contributed by atoms with van der Waals surface area (Å²) in [6.45, 7) is 9.90. The number of carbonyl (C=O) groups is 1. The molecule has 1 atom stereocenters. The average Bonchev–Trinajstić information content (AvgIpc) is 3.34. The summed E-state index contributed by atoms with van der Waals surface area (Å²) in [5.74, 6) is -0.299. The fourth-order valence-electron chi connectivity index (χ4n) is 4.81. The van der Waals surface area contributed by atoms with E-state index in [9.17, 15) is 10.1 Å². The van der Waals surface area contributed by atoms with Crippen LogP contribution < -0.4 is 10.1 Å². The molecule has 4 rings (SSSR count). The number of ether oxygens (including phenoxy) is 2. The number of anilines is 1. The van der Waals surface area contributed by atoms with Gasteiger partial charge in [-0.1, -0.05) is 49.2 Å². The molecule has 8 nitrogen and oxygen atoms in total. The van der Waals surface area contributed by atoms with Crippen LogP contribution in [-0.4, -0.2) is 34.5 Å². The fraction of sp³-hybridized carbons (Fsp3) is 0.290. The van der Waals surface area contributed by atoms with Crippen molar-refractivity contribution < 1.29 is 14.3 Å². The van der Waals surface area contributed by atoms with E-state index in [0.717, 1.165) is 28.1 Å². The van der Waals surface area contributed by atoms with Crippen LogP contribution in [0.5, 0.6) is 5.75 Å². The van der Waals surface area contributed by atoms with Crippen molar-refractivity contribution in [3.63, 3.8) is 0 Å². The van der Waals surface area contributed by atoms with Crippen molar-refractivity contribution in [2.45, 2.75) is 46.6 Å². The van der Waals surface area contributed by atoms with E-state index >= 15 is 0 Å². The molecule has 0 spiro atoms. The Bertz CT molecular complexity index is 1640. The van der Waals surface area contributed by atoms with Crippen LogP contribution in [0.1, 0.15) is 76.9 Å². The summed E-state index contributed by atoms with van der Waals surface area (Å²) in [6, 6.07) is 14.3. The van der Waals surface area contributed by atoms with Crippen molar-refractivity contribution >= 4 is 34.9 Å². The smallest absolute Gasteiger partial charge is 0.359 e. The Morgan fingerprint density at radius 3 is 2.44 bits per heavy atom. The first-order chi connectivity index (χ1) is 19.6. The Kier molecular flexibility index (Phi) is 9.21. The molecule has 0 saturated carbocycles. The van der Waals surface area contributed by atoms with Gasteiger partial charge in [-0.05, 0) is 67.6 Å². The minimum Gasteiger partial charge on any atom is -0.493 e. The summed E-state index contributed by atoms with van der Waals surface area (Å²) in [5, 5.41) is 19.2. The van der Waals surface area contributed by atoms with Gasteiger partial charge in [0.2, 0.25) is 0 Å². The highest BCUT2D eigenvalue weighted by molar-refractivity contribution is 6.31. The molecule has 1 N–H and O–H groups in total. The van der Waals surface area contributed by atoms with Crippen LogP contribution in [0.2, 0.25) is 10.0 Å². The standard InChI is InChI=1S/C31H31Cl2N5O3/c1-7-41-31(39)29-27(30(17(2)3)38(37-29)25-14-22(15-34)35-16-26(25)40-6)28(23-11-10-20(32)12-19(23)5)36-24-13-21(33)9-8-18(24)4/h8-14,16-17,28,36H,7H2,1-6H3. The lowest BCUT2D eigenvalue weighted by Gasteiger charge is -2.26. The molecule has 0 aliphatic carbocycles. The highest BCUT2D eigenvalue weighted by atomic mass is 35.5. The first kappa shape index (κ1) is 29.9. The van der Waals surface area contributed by atoms with Crippen molar-refractivity contribution in [3.8, 4) is 17.5 Å². The third kappa shape index (κ3) is 6.17. The molecule has 0 radical (unpaired) electrons. The van der Waals surface area contributed by atoms with Crippen LogP contribution >= 0.6 is 23.2 Å². The molecule has 0 aliphatic rings. The molecule has 2 heterocycles. The van der Waals surface area contributed by atoms with Crippen LogP contribution in [0.15, 0.2) is 48.7 Å². The summed E-state index contributed by atoms with van der Waals surface area (Å²) in [7, 11) is 1.52. The van der Waals surface area contributed by atoms with Crippen molar-refractivity contribution in [1.82, 2.24) is 14.8 Å². The van der Waals surface area contributed by atoms with E-state index in [1.54, 1.807) is 17.7 Å². The molecule has 41 heavy (non-hydrogen) atoms. The first-order valence-corrected chi connectivity index (χ1v) is 13.9. The number of rotatable bonds is 9. The van der Waals surface area contributed by atoms with Crippen LogP contribution in [0.3, 0.4) is 0 Å². The Hall–Kier alpha value is -4.06. The molecule has 1 unspecified atom stereocenters. The number of hydrogen-bond acceptors (Lipinski definition) is 7. The number of hydrogen-bond donors (Lipinski definition) is 1. The molecule has 2 aromatic heterocycles. The maximum atomic E-state index is 13.5. The van der Waals surface area contributed by atoms with Gasteiger partial charge in [0.15, 0.2) is 11.4 Å². The molecule has 212 valence electrons. The normalized spacial score (nSPS) is 11.7. The van der Waals surface area contributed by atoms with Gasteiger partial charge >= 0.3 is 5.97 Å². The number of nitriles is 1. The summed E-state index contributed by atoms with van der Waals surface area (Å²) >= 11 is 12.8. The number of nitrogens with zero attached hydrogens (tertiary/aromatic N) is 4. The average molecular weight is 593 g/mol. The fourth-order valence-corrected chi connectivity index (χ4v) is 5.21. The number of esters is 1. The van der Waals surface area contributed by atoms with E-state index in [4.69, 9.17) is 37.8 Å². The zero-order valence-electron chi connectivity index (χ0n) is 23.8. The predicted octanol–water partition coefficient (Wildman–Crippen LogP) is 7.57. The molecule has 0 bridgehead atoms. The molecular weight excluding hydrogens is 561 g/mol. The Labute approximate surface area is 249 Å². The topological polar surface area (TPSA) is 102 Å². The van der Waals surface area contributed by atoms with Crippen LogP contribution in [-0.2, 0) is 4.74 Å². The number of halogens is 2. The highest BCUT2D eigenvalue weighted by Gasteiger charge is 2.34. The zero-order chi connectivity index (χ0) is 29.8. The van der Waals surface area contributed by atoms with E-state index in [-0.39, 0.29) is 23.9 Å². The monoisotopic (exact) mass is 591 g/mol. The largest absolute Gasteiger partial charge is 0.493 e. The number of aryl methyl sites for hydroxylation is 2. The van der Waals surface area contributed by atoms with Gasteiger partial charge in [0, 0.05) is 27.4 Å². The second-order valence-electron chi connectivity index (χ2n) is 9.83. The zero-order valence-corrected chi connectivity index (χ0v) is 25.3. The van der Waals surface area contributed by atoms with E-state index < -0.39 is 12.0 Å². The van der Waals surface area contributed by atoms with E-state index in [0.29, 0.717) is 27.0 Å². The summed E-state index contributed by atoms with van der Waals surface area (Å²) in [5.41, 5.74) is 5.72. The number of aromatic nitrogens is 3. The lowest BCUT2D eigenvalue weighted by atomic mass is 9.89. The maximum absolute atomic E-state index is 13.5. The molecule has 0 amide bonds. The van der Waals surface area contributed by atoms with Crippen LogP contribution in [0, 0.1) is 25.2 Å². The minimum absolute atomic E-state index is 0.124. The second kappa shape index (κ2) is 12.6. The number of methoxy groups -OCH3 is 1. The van der Waals surface area contributed by atoms with Gasteiger partial charge in [0.25, 0.3) is 0 Å². The van der Waals surface area contributed by atoms with Gasteiger partial charge in [0.05, 0.1) is 31.6 Å². The van der Waals surface area contributed by atoms with Gasteiger partial charge < -0.3 is 14.8 Å². The quantitative estimate of drug-likeness (QED) is 0.200. The molecular formula is C31H31Cl2N5O3. The number of carbonyl (C=O) groups excluding carboxylic acids is 1. The van der Waals surface area contributed by atoms with E-state index in [1.807, 2.05) is 64.1 Å². The van der Waals surface area contributed by atoms with Gasteiger partial charge in [-0.25, -0.2) is 14.5 Å². The van der Waals surface area contributed by atoms with Crippen LogP contribution in [0.25, 0.3) is 5.69 Å². The summed E-state index contributed by atoms with van der Waals surface area (Å²) in [4.78, 5) is 17.7. The van der Waals surface area contributed by atoms with Gasteiger partial charge in [-0.15, -0.1) is 0 Å². The van der Waals surface area contributed by atoms with Crippen molar-refractivity contribution in [3.05, 3.63) is 98.0 Å². The molecule has 10 heteroatoms. The molecule has 2 aromatic carbocycles. The van der Waals surface area contributed by atoms with Gasteiger partial charge in [0.1, 0.15) is 17.5 Å². The lowest BCUT2D eigenvalue weighted by molar-refractivity contribution is 0.0517. The van der Waals surface area contributed by atoms with Crippen molar-refractivity contribution in [2.24, 2.45) is 0 Å². The Morgan fingerprint density at radius 1 is 1.10 bits per heavy atom. The number of benzene rings is 2. The third-order valence-corrected chi connectivity index (χ3v) is 7.19. The van der Waals surface area contributed by atoms with E-state index in [1.165, 1.54) is 13.3 Å². The third-order valence-electron chi connectivity index (χ3n) is 6.72. The summed E-state index contributed by atoms with van der Waals surface area (Å²) in [6.07, 6.45) is 1.47. The lowest BCUT2D eigenvalue weighted by Crippen LogP contribution is -2.20. The molecule has 0 fully saturated rings. The van der Waals surface area contributed by atoms with E-state index in [2.05, 4.69) is 16.4 Å². The predicted molar refractivity (Wildman–Crippen MR) is 161 cm³/mol. The molecule has 0 saturated heterocycles. The number of pyridine rings is 1. The second-order valence-corrected chi connectivity index (χ2v) is 10.7. The number of nitrogens with one attached hydrogen (secondary N) is 1. The SMILES string of the molecule is CCOC(=O)c1nn(-c2cc(C#N)ncc2OC)c(C(C)C)c1C(Nc1cc(Cl)ccc1C)c1ccc(Cl)cc1C. The van der Waals surface area contributed by atoms with Crippen molar-refractivity contribution in [1.29, 1.82) is 5.26 Å². The molecule has 4 aromatic rings. The van der Waals surface area contributed by atoms with Gasteiger partial charge in [-0.2, -0.15) is 10.4 Å².